The highest BCUT2D eigenvalue weighted by molar-refractivity contribution is 7.92. The van der Waals surface area contributed by atoms with Gasteiger partial charge in [0.1, 0.15) is 0 Å². The lowest BCUT2D eigenvalue weighted by Crippen LogP contribution is -2.14. The van der Waals surface area contributed by atoms with E-state index >= 15 is 0 Å². The normalized spacial score (nSPS) is 11.1. The van der Waals surface area contributed by atoms with Crippen LogP contribution in [0.15, 0.2) is 29.2 Å². The number of sulfonamides is 1. The molecule has 0 unspecified atom stereocenters. The number of carbonyl (C=O) groups is 1. The van der Waals surface area contributed by atoms with Crippen LogP contribution in [-0.4, -0.2) is 41.8 Å². The molecule has 2 rings (SSSR count). The summed E-state index contributed by atoms with van der Waals surface area (Å²) in [5.74, 6) is -1.36. The van der Waals surface area contributed by atoms with E-state index in [-0.39, 0.29) is 22.4 Å². The van der Waals surface area contributed by atoms with E-state index in [9.17, 15) is 13.2 Å². The molecular weight excluding hydrogens is 288 g/mol. The van der Waals surface area contributed by atoms with Gasteiger partial charge in [-0.2, -0.15) is 4.98 Å². The van der Waals surface area contributed by atoms with Gasteiger partial charge in [-0.25, -0.2) is 23.0 Å². The van der Waals surface area contributed by atoms with Gasteiger partial charge in [-0.05, 0) is 18.2 Å². The molecule has 0 aliphatic carbocycles. The van der Waals surface area contributed by atoms with Crippen molar-refractivity contribution in [2.45, 2.75) is 4.90 Å². The first kappa shape index (κ1) is 13.8. The molecule has 10 heteroatoms. The van der Waals surface area contributed by atoms with Crippen molar-refractivity contribution in [3.8, 4) is 6.01 Å². The molecule has 0 aliphatic heterocycles. The Morgan fingerprint density at radius 1 is 1.45 bits per heavy atom. The molecule has 0 atom stereocenters. The Morgan fingerprint density at radius 3 is 2.80 bits per heavy atom. The lowest BCUT2D eigenvalue weighted by Gasteiger charge is -2.05. The fourth-order valence-corrected chi connectivity index (χ4v) is 2.37. The second-order valence-corrected chi connectivity index (χ2v) is 5.29. The summed E-state index contributed by atoms with van der Waals surface area (Å²) in [5, 5.41) is 14.7. The van der Waals surface area contributed by atoms with Crippen LogP contribution in [0, 0.1) is 0 Å². The molecule has 9 nitrogen and oxygen atoms in total. The number of benzene rings is 1. The number of hydrogen-bond donors (Lipinski definition) is 3. The van der Waals surface area contributed by atoms with E-state index in [0.717, 1.165) is 6.07 Å². The number of H-pyrrole nitrogens is 1. The lowest BCUT2D eigenvalue weighted by molar-refractivity contribution is 0.0696. The van der Waals surface area contributed by atoms with Gasteiger partial charge in [-0.3, -0.25) is 0 Å². The predicted molar refractivity (Wildman–Crippen MR) is 67.1 cm³/mol. The summed E-state index contributed by atoms with van der Waals surface area (Å²) in [6.07, 6.45) is 0. The van der Waals surface area contributed by atoms with Gasteiger partial charge in [0, 0.05) is 0 Å². The molecule has 0 fully saturated rings. The number of rotatable bonds is 5. The smallest absolute Gasteiger partial charge is 0.336 e. The maximum atomic E-state index is 12.0. The van der Waals surface area contributed by atoms with Crippen LogP contribution in [0.5, 0.6) is 6.01 Å². The van der Waals surface area contributed by atoms with Crippen molar-refractivity contribution in [1.29, 1.82) is 0 Å². The first-order chi connectivity index (χ1) is 9.42. The van der Waals surface area contributed by atoms with E-state index in [2.05, 4.69) is 19.9 Å². The summed E-state index contributed by atoms with van der Waals surface area (Å²) in [5.41, 5.74) is -0.136. The van der Waals surface area contributed by atoms with Crippen LogP contribution in [0.4, 0.5) is 5.95 Å². The van der Waals surface area contributed by atoms with Crippen LogP contribution in [0.25, 0.3) is 0 Å². The number of anilines is 1. The minimum Gasteiger partial charge on any atom is -0.478 e. The first-order valence-electron chi connectivity index (χ1n) is 5.25. The third-order valence-electron chi connectivity index (χ3n) is 2.27. The molecule has 0 saturated heterocycles. The fourth-order valence-electron chi connectivity index (χ4n) is 1.37. The monoisotopic (exact) mass is 298 g/mol. The maximum Gasteiger partial charge on any atom is 0.336 e. The van der Waals surface area contributed by atoms with Gasteiger partial charge in [-0.15, -0.1) is 5.10 Å². The second-order valence-electron chi connectivity index (χ2n) is 3.61. The van der Waals surface area contributed by atoms with Gasteiger partial charge >= 0.3 is 12.0 Å². The van der Waals surface area contributed by atoms with Gasteiger partial charge in [-0.1, -0.05) is 6.07 Å². The molecule has 0 bridgehead atoms. The molecule has 1 aromatic heterocycles. The molecule has 0 spiro atoms. The Labute approximate surface area is 113 Å². The Morgan fingerprint density at radius 2 is 2.20 bits per heavy atom. The number of carboxylic acid groups (broad SMARTS) is 1. The van der Waals surface area contributed by atoms with Crippen LogP contribution in [0.3, 0.4) is 0 Å². The largest absolute Gasteiger partial charge is 0.478 e. The van der Waals surface area contributed by atoms with Crippen molar-refractivity contribution in [3.63, 3.8) is 0 Å². The van der Waals surface area contributed by atoms with Crippen molar-refractivity contribution >= 4 is 21.9 Å². The quantitative estimate of drug-likeness (QED) is 0.723. The third-order valence-corrected chi connectivity index (χ3v) is 3.61. The van der Waals surface area contributed by atoms with E-state index < -0.39 is 16.0 Å². The molecule has 106 valence electrons. The SMILES string of the molecule is COc1n[nH]c(NS(=O)(=O)c2cccc(C(=O)O)c2)n1. The summed E-state index contributed by atoms with van der Waals surface area (Å²) in [6.45, 7) is 0. The summed E-state index contributed by atoms with van der Waals surface area (Å²) in [7, 11) is -2.64. The van der Waals surface area contributed by atoms with Crippen molar-refractivity contribution in [3.05, 3.63) is 29.8 Å². The number of hydrogen-bond acceptors (Lipinski definition) is 6. The molecule has 0 saturated carbocycles. The zero-order chi connectivity index (χ0) is 14.8. The van der Waals surface area contributed by atoms with Crippen LogP contribution < -0.4 is 9.46 Å². The summed E-state index contributed by atoms with van der Waals surface area (Å²) in [4.78, 5) is 14.3. The molecule has 1 aromatic carbocycles. The van der Waals surface area contributed by atoms with E-state index in [1.54, 1.807) is 0 Å². The van der Waals surface area contributed by atoms with Gasteiger partial charge in [0.25, 0.3) is 10.0 Å². The van der Waals surface area contributed by atoms with Crippen molar-refractivity contribution in [2.75, 3.05) is 11.8 Å². The molecule has 3 N–H and O–H groups in total. The Kier molecular flexibility index (Phi) is 3.57. The third kappa shape index (κ3) is 2.85. The Bertz CT molecular complexity index is 740. The summed E-state index contributed by atoms with van der Waals surface area (Å²) < 4.78 is 30.9. The highest BCUT2D eigenvalue weighted by Gasteiger charge is 2.18. The van der Waals surface area contributed by atoms with Gasteiger partial charge in [0.15, 0.2) is 0 Å². The molecule has 0 aliphatic rings. The molecule has 0 radical (unpaired) electrons. The number of aromatic carboxylic acids is 1. The van der Waals surface area contributed by atoms with Crippen LogP contribution in [0.1, 0.15) is 10.4 Å². The average molecular weight is 298 g/mol. The average Bonchev–Trinajstić information content (AvgIpc) is 2.86. The number of ether oxygens (including phenoxy) is 1. The van der Waals surface area contributed by atoms with Gasteiger partial charge < -0.3 is 9.84 Å². The van der Waals surface area contributed by atoms with Gasteiger partial charge in [0.2, 0.25) is 5.95 Å². The maximum absolute atomic E-state index is 12.0. The van der Waals surface area contributed by atoms with E-state index in [4.69, 9.17) is 9.84 Å². The van der Waals surface area contributed by atoms with Crippen molar-refractivity contribution in [1.82, 2.24) is 15.2 Å². The standard InChI is InChI=1S/C10H10N4O5S/c1-19-10-11-9(12-13-10)14-20(17,18)7-4-2-3-6(5-7)8(15)16/h2-5H,1H3,(H,15,16)(H2,11,12,13,14). The molecule has 0 amide bonds. The number of carboxylic acids is 1. The topological polar surface area (TPSA) is 134 Å². The van der Waals surface area contributed by atoms with Crippen LogP contribution in [-0.2, 0) is 10.0 Å². The van der Waals surface area contributed by atoms with E-state index in [1.165, 1.54) is 25.3 Å². The molecule has 1 heterocycles. The molecule has 2 aromatic rings. The number of nitrogens with zero attached hydrogens (tertiary/aromatic N) is 2. The van der Waals surface area contributed by atoms with Crippen molar-refractivity contribution in [2.24, 2.45) is 0 Å². The minimum absolute atomic E-state index is 0.0259. The Balaban J connectivity index is 2.30. The first-order valence-corrected chi connectivity index (χ1v) is 6.73. The molecule has 20 heavy (non-hydrogen) atoms. The van der Waals surface area contributed by atoms with Crippen LogP contribution >= 0.6 is 0 Å². The van der Waals surface area contributed by atoms with Crippen LogP contribution in [0.2, 0.25) is 0 Å². The Hall–Kier alpha value is -2.62. The van der Waals surface area contributed by atoms with E-state index in [1.807, 2.05) is 0 Å². The second kappa shape index (κ2) is 5.17. The summed E-state index contributed by atoms with van der Waals surface area (Å²) in [6, 6.07) is 4.90. The van der Waals surface area contributed by atoms with Crippen molar-refractivity contribution < 1.29 is 23.1 Å². The fraction of sp³-hybridized carbons (Fsp3) is 0.100. The highest BCUT2D eigenvalue weighted by atomic mass is 32.2. The summed E-state index contributed by atoms with van der Waals surface area (Å²) >= 11 is 0. The minimum atomic E-state index is -3.97. The van der Waals surface area contributed by atoms with E-state index in [0.29, 0.717) is 0 Å². The highest BCUT2D eigenvalue weighted by Crippen LogP contribution is 2.15. The number of aromatic amines is 1. The number of nitrogens with one attached hydrogen (secondary N) is 2. The number of aromatic nitrogens is 3. The predicted octanol–water partition coefficient (Wildman–Crippen LogP) is 0.312. The van der Waals surface area contributed by atoms with Gasteiger partial charge in [0.05, 0.1) is 17.6 Å². The lowest BCUT2D eigenvalue weighted by atomic mass is 10.2. The number of methoxy groups -OCH3 is 1. The zero-order valence-corrected chi connectivity index (χ0v) is 11.0. The molecular formula is C10H10N4O5S. The zero-order valence-electron chi connectivity index (χ0n) is 10.2.